The maximum Gasteiger partial charge on any atom is 0.236 e. The Labute approximate surface area is 145 Å². The summed E-state index contributed by atoms with van der Waals surface area (Å²) in [6.07, 6.45) is 0. The maximum atomic E-state index is 13.9. The molecular formula is C14H13FN6OS2. The fourth-order valence-electron chi connectivity index (χ4n) is 1.95. The number of thioether (sulfide) groups is 1. The van der Waals surface area contributed by atoms with Gasteiger partial charge in [0.15, 0.2) is 11.0 Å². The number of nitrogens with zero attached hydrogens (tertiary/aromatic N) is 5. The van der Waals surface area contributed by atoms with Gasteiger partial charge in [-0.15, -0.1) is 20.4 Å². The number of aromatic nitrogens is 5. The van der Waals surface area contributed by atoms with E-state index in [1.165, 1.54) is 29.2 Å². The summed E-state index contributed by atoms with van der Waals surface area (Å²) in [5.74, 6) is -0.0294. The second kappa shape index (κ2) is 7.05. The molecule has 3 aromatic rings. The number of rotatable bonds is 5. The highest BCUT2D eigenvalue weighted by atomic mass is 32.2. The molecule has 0 aliphatic rings. The van der Waals surface area contributed by atoms with Gasteiger partial charge in [0, 0.05) is 7.05 Å². The first-order chi connectivity index (χ1) is 11.5. The van der Waals surface area contributed by atoms with E-state index in [4.69, 9.17) is 0 Å². The van der Waals surface area contributed by atoms with Crippen LogP contribution in [-0.4, -0.2) is 36.6 Å². The summed E-state index contributed by atoms with van der Waals surface area (Å²) in [7, 11) is 1.73. The third-order valence-electron chi connectivity index (χ3n) is 3.05. The molecule has 124 valence electrons. The Morgan fingerprint density at radius 3 is 2.79 bits per heavy atom. The molecule has 0 aliphatic carbocycles. The van der Waals surface area contributed by atoms with Gasteiger partial charge in [-0.25, -0.2) is 4.39 Å². The van der Waals surface area contributed by atoms with Crippen LogP contribution >= 0.6 is 23.1 Å². The number of carbonyl (C=O) groups is 1. The molecule has 0 saturated carbocycles. The van der Waals surface area contributed by atoms with Crippen LogP contribution in [0.1, 0.15) is 5.01 Å². The van der Waals surface area contributed by atoms with Gasteiger partial charge in [-0.2, -0.15) is 0 Å². The molecular weight excluding hydrogens is 351 g/mol. The van der Waals surface area contributed by atoms with Crippen molar-refractivity contribution < 1.29 is 9.18 Å². The minimum Gasteiger partial charge on any atom is -0.305 e. The molecule has 7 nitrogen and oxygen atoms in total. The smallest absolute Gasteiger partial charge is 0.236 e. The average Bonchev–Trinajstić information content (AvgIpc) is 3.12. The Morgan fingerprint density at radius 1 is 1.29 bits per heavy atom. The van der Waals surface area contributed by atoms with Crippen molar-refractivity contribution >= 4 is 34.1 Å². The van der Waals surface area contributed by atoms with Crippen molar-refractivity contribution in [2.45, 2.75) is 12.1 Å². The van der Waals surface area contributed by atoms with Gasteiger partial charge in [-0.3, -0.25) is 10.1 Å². The number of hydrogen-bond donors (Lipinski definition) is 1. The Morgan fingerprint density at radius 2 is 2.08 bits per heavy atom. The molecule has 0 radical (unpaired) electrons. The highest BCUT2D eigenvalue weighted by molar-refractivity contribution is 7.99. The lowest BCUT2D eigenvalue weighted by atomic mass is 10.2. The van der Waals surface area contributed by atoms with Crippen molar-refractivity contribution in [3.05, 3.63) is 35.1 Å². The predicted molar refractivity (Wildman–Crippen MR) is 90.4 cm³/mol. The van der Waals surface area contributed by atoms with E-state index in [1.54, 1.807) is 29.8 Å². The lowest BCUT2D eigenvalue weighted by Crippen LogP contribution is -2.14. The van der Waals surface area contributed by atoms with Gasteiger partial charge >= 0.3 is 0 Å². The number of nitrogens with one attached hydrogen (secondary N) is 1. The van der Waals surface area contributed by atoms with E-state index in [0.29, 0.717) is 21.7 Å². The van der Waals surface area contributed by atoms with Crippen LogP contribution in [0.3, 0.4) is 0 Å². The molecule has 0 aliphatic heterocycles. The third kappa shape index (κ3) is 3.60. The number of amides is 1. The zero-order chi connectivity index (χ0) is 17.1. The minimum atomic E-state index is -0.367. The summed E-state index contributed by atoms with van der Waals surface area (Å²) in [5.41, 5.74) is 0.369. The van der Waals surface area contributed by atoms with E-state index in [-0.39, 0.29) is 17.5 Å². The van der Waals surface area contributed by atoms with Gasteiger partial charge in [0.2, 0.25) is 11.0 Å². The fraction of sp³-hybridized carbons (Fsp3) is 0.214. The molecule has 1 aromatic carbocycles. The number of hydrogen-bond acceptors (Lipinski definition) is 7. The van der Waals surface area contributed by atoms with E-state index >= 15 is 0 Å². The largest absolute Gasteiger partial charge is 0.305 e. The van der Waals surface area contributed by atoms with Crippen LogP contribution in [0.2, 0.25) is 0 Å². The van der Waals surface area contributed by atoms with Crippen LogP contribution in [0, 0.1) is 12.7 Å². The van der Waals surface area contributed by atoms with Gasteiger partial charge in [0.05, 0.1) is 11.3 Å². The second-order valence-electron chi connectivity index (χ2n) is 4.81. The summed E-state index contributed by atoms with van der Waals surface area (Å²) in [4.78, 5) is 11.9. The van der Waals surface area contributed by atoms with Crippen LogP contribution in [0.4, 0.5) is 9.52 Å². The molecule has 0 saturated heterocycles. The topological polar surface area (TPSA) is 85.6 Å². The fourth-order valence-corrected chi connectivity index (χ4v) is 3.27. The molecule has 0 bridgehead atoms. The van der Waals surface area contributed by atoms with Crippen molar-refractivity contribution in [1.29, 1.82) is 0 Å². The van der Waals surface area contributed by atoms with Crippen LogP contribution in [0.5, 0.6) is 0 Å². The van der Waals surface area contributed by atoms with Crippen molar-refractivity contribution in [2.75, 3.05) is 11.1 Å². The SMILES string of the molecule is Cc1nnc(NC(=O)CSc2nnc(-c3ccccc3F)n2C)s1. The maximum absolute atomic E-state index is 13.9. The normalized spacial score (nSPS) is 10.8. The van der Waals surface area contributed by atoms with E-state index in [2.05, 4.69) is 25.7 Å². The molecule has 0 fully saturated rings. The van der Waals surface area contributed by atoms with E-state index in [0.717, 1.165) is 5.01 Å². The summed E-state index contributed by atoms with van der Waals surface area (Å²) in [5, 5.41) is 20.1. The number of aryl methyl sites for hydroxylation is 1. The number of halogens is 1. The summed E-state index contributed by atoms with van der Waals surface area (Å²) in [6, 6.07) is 6.36. The predicted octanol–water partition coefficient (Wildman–Crippen LogP) is 2.51. The molecule has 1 N–H and O–H groups in total. The monoisotopic (exact) mass is 364 g/mol. The molecule has 0 unspecified atom stereocenters. The van der Waals surface area contributed by atoms with Crippen LogP contribution in [-0.2, 0) is 11.8 Å². The quantitative estimate of drug-likeness (QED) is 0.700. The minimum absolute atomic E-state index is 0.141. The first-order valence-electron chi connectivity index (χ1n) is 6.91. The van der Waals surface area contributed by atoms with Gasteiger partial charge in [0.1, 0.15) is 10.8 Å². The number of carbonyl (C=O) groups excluding carboxylic acids is 1. The summed E-state index contributed by atoms with van der Waals surface area (Å²) < 4.78 is 15.5. The highest BCUT2D eigenvalue weighted by Crippen LogP contribution is 2.24. The molecule has 0 spiro atoms. The van der Waals surface area contributed by atoms with Crippen LogP contribution in [0.25, 0.3) is 11.4 Å². The molecule has 10 heteroatoms. The Kier molecular flexibility index (Phi) is 4.86. The van der Waals surface area contributed by atoms with Crippen LogP contribution in [0.15, 0.2) is 29.4 Å². The van der Waals surface area contributed by atoms with Crippen molar-refractivity contribution in [3.8, 4) is 11.4 Å². The zero-order valence-electron chi connectivity index (χ0n) is 12.9. The third-order valence-corrected chi connectivity index (χ3v) is 4.83. The molecule has 3 rings (SSSR count). The highest BCUT2D eigenvalue weighted by Gasteiger charge is 2.15. The van der Waals surface area contributed by atoms with Crippen molar-refractivity contribution in [3.63, 3.8) is 0 Å². The van der Waals surface area contributed by atoms with Crippen molar-refractivity contribution in [1.82, 2.24) is 25.0 Å². The van der Waals surface area contributed by atoms with E-state index < -0.39 is 0 Å². The molecule has 2 aromatic heterocycles. The Balaban J connectivity index is 1.66. The van der Waals surface area contributed by atoms with E-state index in [1.807, 2.05) is 6.92 Å². The number of benzene rings is 1. The zero-order valence-corrected chi connectivity index (χ0v) is 14.5. The van der Waals surface area contributed by atoms with Crippen molar-refractivity contribution in [2.24, 2.45) is 7.05 Å². The average molecular weight is 364 g/mol. The molecule has 2 heterocycles. The first kappa shape index (κ1) is 16.5. The Hall–Kier alpha value is -2.33. The standard InChI is InChI=1S/C14H13FN6OS2/c1-8-17-19-13(24-8)16-11(22)7-23-14-20-18-12(21(14)2)9-5-3-4-6-10(9)15/h3-6H,7H2,1-2H3,(H,16,19,22). The lowest BCUT2D eigenvalue weighted by Gasteiger charge is -2.04. The molecule has 0 atom stereocenters. The second-order valence-corrected chi connectivity index (χ2v) is 6.93. The van der Waals surface area contributed by atoms with E-state index in [9.17, 15) is 9.18 Å². The van der Waals surface area contributed by atoms with Gasteiger partial charge < -0.3 is 4.57 Å². The summed E-state index contributed by atoms with van der Waals surface area (Å²) in [6.45, 7) is 1.81. The van der Waals surface area contributed by atoms with Gasteiger partial charge in [-0.1, -0.05) is 35.2 Å². The Bertz CT molecular complexity index is 878. The van der Waals surface area contributed by atoms with Gasteiger partial charge in [0.25, 0.3) is 0 Å². The molecule has 1 amide bonds. The number of anilines is 1. The first-order valence-corrected chi connectivity index (χ1v) is 8.72. The van der Waals surface area contributed by atoms with Crippen LogP contribution < -0.4 is 5.32 Å². The van der Waals surface area contributed by atoms with Gasteiger partial charge in [-0.05, 0) is 19.1 Å². The lowest BCUT2D eigenvalue weighted by molar-refractivity contribution is -0.113. The summed E-state index contributed by atoms with van der Waals surface area (Å²) >= 11 is 2.52. The molecule has 24 heavy (non-hydrogen) atoms.